The predicted octanol–water partition coefficient (Wildman–Crippen LogP) is 1.01. The number of hydrogen-bond donors (Lipinski definition) is 3. The Morgan fingerprint density at radius 2 is 1.58 bits per heavy atom. The Hall–Kier alpha value is -0.810. The van der Waals surface area contributed by atoms with Crippen molar-refractivity contribution >= 4 is 5.96 Å². The van der Waals surface area contributed by atoms with Crippen LogP contribution in [0.1, 0.15) is 40.5 Å². The van der Waals surface area contributed by atoms with E-state index in [-0.39, 0.29) is 0 Å². The molecule has 0 aliphatic heterocycles. The maximum atomic E-state index is 5.50. The van der Waals surface area contributed by atoms with Crippen LogP contribution in [0, 0.1) is 0 Å². The van der Waals surface area contributed by atoms with Crippen LogP contribution in [0.3, 0.4) is 0 Å². The topological polar surface area (TPSA) is 65.7 Å². The normalized spacial score (nSPS) is 11.2. The molecule has 0 fully saturated rings. The summed E-state index contributed by atoms with van der Waals surface area (Å²) in [7, 11) is 2.14. The molecule has 4 N–H and O–H groups in total. The van der Waals surface area contributed by atoms with Crippen molar-refractivity contribution in [1.82, 2.24) is 15.5 Å². The Morgan fingerprint density at radius 3 is 2.05 bits per heavy atom. The molecule has 0 aliphatic rings. The molecule has 0 aromatic rings. The smallest absolute Gasteiger partial charge is 0.191 e. The average Bonchev–Trinajstić information content (AvgIpc) is 2.30. The summed E-state index contributed by atoms with van der Waals surface area (Å²) >= 11 is 0. The van der Waals surface area contributed by atoms with Gasteiger partial charge in [-0.2, -0.15) is 0 Å². The van der Waals surface area contributed by atoms with Crippen molar-refractivity contribution < 1.29 is 0 Å². The zero-order valence-corrected chi connectivity index (χ0v) is 13.4. The molecule has 0 aliphatic carbocycles. The monoisotopic (exact) mass is 271 g/mol. The van der Waals surface area contributed by atoms with Crippen LogP contribution in [-0.4, -0.2) is 56.2 Å². The Bertz CT molecular complexity index is 226. The molecule has 0 rings (SSSR count). The molecule has 0 atom stereocenters. The van der Waals surface area contributed by atoms with Crippen molar-refractivity contribution in [2.24, 2.45) is 10.7 Å². The minimum absolute atomic E-state index is 0.400. The quantitative estimate of drug-likeness (QED) is 0.333. The lowest BCUT2D eigenvalue weighted by atomic mass is 10.3. The van der Waals surface area contributed by atoms with E-state index in [1.807, 2.05) is 0 Å². The summed E-state index contributed by atoms with van der Waals surface area (Å²) in [6.07, 6.45) is 2.14. The van der Waals surface area contributed by atoms with Gasteiger partial charge in [0.15, 0.2) is 5.96 Å². The molecule has 5 nitrogen and oxygen atoms in total. The Kier molecular flexibility index (Phi) is 10.6. The Labute approximate surface area is 119 Å². The van der Waals surface area contributed by atoms with E-state index in [4.69, 9.17) is 5.73 Å². The first-order chi connectivity index (χ1) is 8.95. The van der Waals surface area contributed by atoms with Crippen molar-refractivity contribution in [1.29, 1.82) is 0 Å². The van der Waals surface area contributed by atoms with Crippen LogP contribution in [0.5, 0.6) is 0 Å². The molecule has 19 heavy (non-hydrogen) atoms. The third-order valence-corrected chi connectivity index (χ3v) is 2.56. The lowest BCUT2D eigenvalue weighted by molar-refractivity contribution is 0.329. The first kappa shape index (κ1) is 18.2. The van der Waals surface area contributed by atoms with E-state index in [9.17, 15) is 0 Å². The van der Waals surface area contributed by atoms with Crippen LogP contribution in [0.2, 0.25) is 0 Å². The minimum Gasteiger partial charge on any atom is -0.354 e. The highest BCUT2D eigenvalue weighted by atomic mass is 15.2. The maximum absolute atomic E-state index is 5.50. The summed E-state index contributed by atoms with van der Waals surface area (Å²) in [5.41, 5.74) is 5.50. The van der Waals surface area contributed by atoms with Gasteiger partial charge in [0.1, 0.15) is 0 Å². The first-order valence-electron chi connectivity index (χ1n) is 7.41. The van der Waals surface area contributed by atoms with E-state index in [0.29, 0.717) is 12.1 Å². The van der Waals surface area contributed by atoms with Crippen molar-refractivity contribution in [3.8, 4) is 0 Å². The van der Waals surface area contributed by atoms with Gasteiger partial charge in [-0.25, -0.2) is 0 Å². The third-order valence-electron chi connectivity index (χ3n) is 2.56. The average molecular weight is 271 g/mol. The molecule has 0 aromatic heterocycles. The number of nitrogens with one attached hydrogen (secondary N) is 2. The van der Waals surface area contributed by atoms with Crippen molar-refractivity contribution in [2.45, 2.75) is 52.6 Å². The zero-order chi connectivity index (χ0) is 14.7. The van der Waals surface area contributed by atoms with E-state index in [2.05, 4.69) is 55.3 Å². The first-order valence-corrected chi connectivity index (χ1v) is 7.41. The zero-order valence-electron chi connectivity index (χ0n) is 13.4. The van der Waals surface area contributed by atoms with E-state index >= 15 is 0 Å². The molecule has 0 unspecified atom stereocenters. The highest BCUT2D eigenvalue weighted by molar-refractivity contribution is 5.80. The largest absolute Gasteiger partial charge is 0.354 e. The SMILES string of the molecule is CC(C)NC(=NCCCN(C)CCCN)NC(C)C. The fourth-order valence-corrected chi connectivity index (χ4v) is 1.68. The fraction of sp³-hybridized carbons (Fsp3) is 0.929. The molecule has 0 radical (unpaired) electrons. The lowest BCUT2D eigenvalue weighted by Gasteiger charge is -2.18. The lowest BCUT2D eigenvalue weighted by Crippen LogP contribution is -2.44. The number of nitrogens with two attached hydrogens (primary N) is 1. The van der Waals surface area contributed by atoms with Crippen LogP contribution in [-0.2, 0) is 0 Å². The maximum Gasteiger partial charge on any atom is 0.191 e. The van der Waals surface area contributed by atoms with Crippen LogP contribution < -0.4 is 16.4 Å². The van der Waals surface area contributed by atoms with Gasteiger partial charge in [0.2, 0.25) is 0 Å². The summed E-state index contributed by atoms with van der Waals surface area (Å²) < 4.78 is 0. The van der Waals surface area contributed by atoms with Gasteiger partial charge < -0.3 is 21.3 Å². The van der Waals surface area contributed by atoms with Crippen LogP contribution in [0.25, 0.3) is 0 Å². The molecule has 0 bridgehead atoms. The third kappa shape index (κ3) is 12.0. The molecule has 114 valence electrons. The summed E-state index contributed by atoms with van der Waals surface area (Å²) in [6, 6.07) is 0.800. The van der Waals surface area contributed by atoms with E-state index in [1.165, 1.54) is 0 Å². The molecule has 0 aromatic carbocycles. The molecule has 0 amide bonds. The molecule has 0 heterocycles. The second kappa shape index (κ2) is 11.1. The number of guanidine groups is 1. The molecule has 0 saturated carbocycles. The number of nitrogens with zero attached hydrogens (tertiary/aromatic N) is 2. The van der Waals surface area contributed by atoms with Gasteiger partial charge in [-0.1, -0.05) is 0 Å². The van der Waals surface area contributed by atoms with Gasteiger partial charge in [-0.05, 0) is 67.2 Å². The molecule has 0 spiro atoms. The fourth-order valence-electron chi connectivity index (χ4n) is 1.68. The van der Waals surface area contributed by atoms with E-state index in [0.717, 1.165) is 45.0 Å². The van der Waals surface area contributed by atoms with Gasteiger partial charge in [-0.15, -0.1) is 0 Å². The molecule has 0 saturated heterocycles. The Balaban J connectivity index is 3.95. The van der Waals surface area contributed by atoms with Gasteiger partial charge in [0.25, 0.3) is 0 Å². The summed E-state index contributed by atoms with van der Waals surface area (Å²) in [4.78, 5) is 6.91. The summed E-state index contributed by atoms with van der Waals surface area (Å²) in [6.45, 7) is 12.2. The minimum atomic E-state index is 0.400. The number of aliphatic imine (C=N–C) groups is 1. The number of rotatable bonds is 9. The predicted molar refractivity (Wildman–Crippen MR) is 84.6 cm³/mol. The van der Waals surface area contributed by atoms with Crippen molar-refractivity contribution in [2.75, 3.05) is 33.2 Å². The molecular weight excluding hydrogens is 238 g/mol. The van der Waals surface area contributed by atoms with Gasteiger partial charge >= 0.3 is 0 Å². The Morgan fingerprint density at radius 1 is 1.05 bits per heavy atom. The summed E-state index contributed by atoms with van der Waals surface area (Å²) in [5, 5.41) is 6.68. The van der Waals surface area contributed by atoms with Crippen LogP contribution in [0.4, 0.5) is 0 Å². The second-order valence-corrected chi connectivity index (χ2v) is 5.63. The van der Waals surface area contributed by atoms with E-state index in [1.54, 1.807) is 0 Å². The van der Waals surface area contributed by atoms with Crippen LogP contribution in [0.15, 0.2) is 4.99 Å². The molecule has 5 heteroatoms. The standard InChI is InChI=1S/C14H33N5/c1-12(2)17-14(18-13(3)4)16-9-7-11-19(5)10-6-8-15/h12-13H,6-11,15H2,1-5H3,(H2,16,17,18). The van der Waals surface area contributed by atoms with E-state index < -0.39 is 0 Å². The van der Waals surface area contributed by atoms with Crippen LogP contribution >= 0.6 is 0 Å². The highest BCUT2D eigenvalue weighted by Gasteiger charge is 2.03. The van der Waals surface area contributed by atoms with Gasteiger partial charge in [0, 0.05) is 18.6 Å². The van der Waals surface area contributed by atoms with Crippen molar-refractivity contribution in [3.05, 3.63) is 0 Å². The highest BCUT2D eigenvalue weighted by Crippen LogP contribution is 1.91. The van der Waals surface area contributed by atoms with Gasteiger partial charge in [0.05, 0.1) is 0 Å². The summed E-state index contributed by atoms with van der Waals surface area (Å²) in [5.74, 6) is 0.912. The second-order valence-electron chi connectivity index (χ2n) is 5.63. The van der Waals surface area contributed by atoms with Crippen molar-refractivity contribution in [3.63, 3.8) is 0 Å². The van der Waals surface area contributed by atoms with Gasteiger partial charge in [-0.3, -0.25) is 4.99 Å². The molecular formula is C14H33N5. The number of hydrogen-bond acceptors (Lipinski definition) is 3.